The molecule has 5 nitrogen and oxygen atoms in total. The molecular formula is C21H26FN3O2. The molecule has 1 saturated heterocycles. The Bertz CT molecular complexity index is 758. The molecule has 0 saturated carbocycles. The van der Waals surface area contributed by atoms with Crippen LogP contribution in [0.25, 0.3) is 11.3 Å². The van der Waals surface area contributed by atoms with Gasteiger partial charge in [-0.05, 0) is 50.5 Å². The fraction of sp³-hybridized carbons (Fsp3) is 0.429. The van der Waals surface area contributed by atoms with Gasteiger partial charge in [-0.1, -0.05) is 12.1 Å². The lowest BCUT2D eigenvalue weighted by molar-refractivity contribution is 0.0885. The molecule has 144 valence electrons. The van der Waals surface area contributed by atoms with Crippen LogP contribution >= 0.6 is 0 Å². The van der Waals surface area contributed by atoms with Crippen LogP contribution < -0.4 is 5.32 Å². The average Bonchev–Trinajstić information content (AvgIpc) is 2.69. The third kappa shape index (κ3) is 5.11. The van der Waals surface area contributed by atoms with Gasteiger partial charge in [0.15, 0.2) is 0 Å². The molecule has 27 heavy (non-hydrogen) atoms. The molecule has 1 aromatic heterocycles. The molecule has 0 bridgehead atoms. The first kappa shape index (κ1) is 19.5. The molecule has 1 aliphatic heterocycles. The number of rotatable bonds is 6. The van der Waals surface area contributed by atoms with Gasteiger partial charge in [0.05, 0.1) is 11.3 Å². The second kappa shape index (κ2) is 9.06. The number of likely N-dealkylation sites (tertiary alicyclic amines) is 1. The fourth-order valence-electron chi connectivity index (χ4n) is 3.47. The van der Waals surface area contributed by atoms with Crippen molar-refractivity contribution in [1.82, 2.24) is 15.2 Å². The Morgan fingerprint density at radius 1 is 1.33 bits per heavy atom. The van der Waals surface area contributed by atoms with Crippen LogP contribution in [0.4, 0.5) is 4.39 Å². The zero-order valence-electron chi connectivity index (χ0n) is 15.6. The molecule has 1 unspecified atom stereocenters. The van der Waals surface area contributed by atoms with Crippen molar-refractivity contribution in [2.45, 2.75) is 38.3 Å². The summed E-state index contributed by atoms with van der Waals surface area (Å²) >= 11 is 0. The summed E-state index contributed by atoms with van der Waals surface area (Å²) in [4.78, 5) is 19.1. The van der Waals surface area contributed by atoms with Gasteiger partial charge in [0, 0.05) is 43.5 Å². The Kier molecular flexibility index (Phi) is 6.53. The molecule has 1 aliphatic rings. The third-order valence-electron chi connectivity index (χ3n) is 5.18. The van der Waals surface area contributed by atoms with Crippen molar-refractivity contribution in [2.75, 3.05) is 19.7 Å². The van der Waals surface area contributed by atoms with Crippen LogP contribution in [0.2, 0.25) is 0 Å². The van der Waals surface area contributed by atoms with Crippen LogP contribution in [0.15, 0.2) is 42.6 Å². The number of benzene rings is 1. The maximum atomic E-state index is 13.3. The molecule has 0 radical (unpaired) electrons. The minimum Gasteiger partial charge on any atom is -0.396 e. The highest BCUT2D eigenvalue weighted by Gasteiger charge is 2.23. The predicted molar refractivity (Wildman–Crippen MR) is 103 cm³/mol. The lowest BCUT2D eigenvalue weighted by Crippen LogP contribution is -2.47. The molecule has 2 heterocycles. The Morgan fingerprint density at radius 3 is 2.74 bits per heavy atom. The summed E-state index contributed by atoms with van der Waals surface area (Å²) in [6.07, 6.45) is 4.11. The highest BCUT2D eigenvalue weighted by Crippen LogP contribution is 2.19. The second-order valence-electron chi connectivity index (χ2n) is 7.09. The van der Waals surface area contributed by atoms with Gasteiger partial charge in [0.1, 0.15) is 5.82 Å². The van der Waals surface area contributed by atoms with E-state index >= 15 is 0 Å². The zero-order valence-corrected chi connectivity index (χ0v) is 15.6. The van der Waals surface area contributed by atoms with Crippen LogP contribution in [0.1, 0.15) is 36.5 Å². The van der Waals surface area contributed by atoms with E-state index in [0.29, 0.717) is 22.9 Å². The molecule has 0 spiro atoms. The molecule has 1 atom stereocenters. The number of pyridine rings is 1. The summed E-state index contributed by atoms with van der Waals surface area (Å²) in [5.41, 5.74) is 1.83. The zero-order chi connectivity index (χ0) is 19.2. The summed E-state index contributed by atoms with van der Waals surface area (Å²) in [6.45, 7) is 4.17. The fourth-order valence-corrected chi connectivity index (χ4v) is 3.47. The molecule has 0 aliphatic carbocycles. The molecule has 2 N–H and O–H groups in total. The Hall–Kier alpha value is -2.31. The van der Waals surface area contributed by atoms with Gasteiger partial charge >= 0.3 is 0 Å². The van der Waals surface area contributed by atoms with Crippen LogP contribution in [-0.2, 0) is 0 Å². The van der Waals surface area contributed by atoms with Crippen LogP contribution in [0.5, 0.6) is 0 Å². The summed E-state index contributed by atoms with van der Waals surface area (Å²) in [5.74, 6) is -0.439. The number of aliphatic hydroxyl groups excluding tert-OH is 1. The highest BCUT2D eigenvalue weighted by molar-refractivity contribution is 5.94. The van der Waals surface area contributed by atoms with Gasteiger partial charge in [0.25, 0.3) is 5.91 Å². The molecular weight excluding hydrogens is 345 g/mol. The van der Waals surface area contributed by atoms with Crippen molar-refractivity contribution >= 4 is 5.91 Å². The number of aromatic nitrogens is 1. The van der Waals surface area contributed by atoms with Crippen molar-refractivity contribution in [3.8, 4) is 11.3 Å². The largest absolute Gasteiger partial charge is 0.396 e. The van der Waals surface area contributed by atoms with Crippen molar-refractivity contribution in [3.63, 3.8) is 0 Å². The topological polar surface area (TPSA) is 65.5 Å². The van der Waals surface area contributed by atoms with Gasteiger partial charge < -0.3 is 15.3 Å². The number of nitrogens with one attached hydrogen (secondary N) is 1. The quantitative estimate of drug-likeness (QED) is 0.820. The van der Waals surface area contributed by atoms with Gasteiger partial charge in [-0.3, -0.25) is 9.78 Å². The lowest BCUT2D eigenvalue weighted by atomic mass is 10.0. The molecule has 1 amide bonds. The standard InChI is InChI=1S/C21H26FN3O2/c1-15(9-12-26)25-10-7-19(8-11-25)24-21(27)17-5-6-20(23-14-17)16-3-2-4-18(22)13-16/h2-6,13-15,19,26H,7-12H2,1H3,(H,24,27). The van der Waals surface area contributed by atoms with E-state index in [-0.39, 0.29) is 24.4 Å². The maximum absolute atomic E-state index is 13.3. The first-order valence-electron chi connectivity index (χ1n) is 9.44. The Balaban J connectivity index is 1.54. The minimum absolute atomic E-state index is 0.129. The van der Waals surface area contributed by atoms with Crippen molar-refractivity contribution < 1.29 is 14.3 Å². The second-order valence-corrected chi connectivity index (χ2v) is 7.09. The van der Waals surface area contributed by atoms with Crippen molar-refractivity contribution in [2.24, 2.45) is 0 Å². The van der Waals surface area contributed by atoms with Crippen molar-refractivity contribution in [1.29, 1.82) is 0 Å². The van der Waals surface area contributed by atoms with E-state index in [9.17, 15) is 9.18 Å². The Morgan fingerprint density at radius 2 is 2.11 bits per heavy atom. The van der Waals surface area contributed by atoms with E-state index in [1.54, 1.807) is 24.3 Å². The highest BCUT2D eigenvalue weighted by atomic mass is 19.1. The average molecular weight is 371 g/mol. The van der Waals surface area contributed by atoms with Crippen LogP contribution in [-0.4, -0.2) is 52.7 Å². The summed E-state index contributed by atoms with van der Waals surface area (Å²) in [7, 11) is 0. The Labute approximate surface area is 159 Å². The summed E-state index contributed by atoms with van der Waals surface area (Å²) < 4.78 is 13.3. The number of amides is 1. The normalized spacial score (nSPS) is 16.9. The van der Waals surface area contributed by atoms with E-state index < -0.39 is 0 Å². The molecule has 1 aromatic carbocycles. The van der Waals surface area contributed by atoms with Crippen molar-refractivity contribution in [3.05, 3.63) is 54.0 Å². The van der Waals surface area contributed by atoms with E-state index in [1.807, 2.05) is 0 Å². The van der Waals surface area contributed by atoms with E-state index in [0.717, 1.165) is 32.4 Å². The number of hydrogen-bond donors (Lipinski definition) is 2. The number of aliphatic hydroxyl groups is 1. The summed E-state index contributed by atoms with van der Waals surface area (Å²) in [5, 5.41) is 12.1. The summed E-state index contributed by atoms with van der Waals surface area (Å²) in [6, 6.07) is 10.2. The first-order valence-corrected chi connectivity index (χ1v) is 9.44. The molecule has 3 rings (SSSR count). The van der Waals surface area contributed by atoms with E-state index in [4.69, 9.17) is 5.11 Å². The number of halogens is 1. The molecule has 1 fully saturated rings. The monoisotopic (exact) mass is 371 g/mol. The van der Waals surface area contributed by atoms with Gasteiger partial charge in [-0.15, -0.1) is 0 Å². The van der Waals surface area contributed by atoms with Gasteiger partial charge in [-0.25, -0.2) is 4.39 Å². The van der Waals surface area contributed by atoms with Gasteiger partial charge in [0.2, 0.25) is 0 Å². The first-order chi connectivity index (χ1) is 13.1. The predicted octanol–water partition coefficient (Wildman–Crippen LogP) is 2.85. The lowest BCUT2D eigenvalue weighted by Gasteiger charge is -2.36. The number of piperidine rings is 1. The molecule has 6 heteroatoms. The number of hydrogen-bond acceptors (Lipinski definition) is 4. The maximum Gasteiger partial charge on any atom is 0.253 e. The third-order valence-corrected chi connectivity index (χ3v) is 5.18. The molecule has 2 aromatic rings. The number of carbonyl (C=O) groups is 1. The SMILES string of the molecule is CC(CCO)N1CCC(NC(=O)c2ccc(-c3cccc(F)c3)nc2)CC1. The smallest absolute Gasteiger partial charge is 0.253 e. The number of carbonyl (C=O) groups excluding carboxylic acids is 1. The van der Waals surface area contributed by atoms with E-state index in [2.05, 4.69) is 22.1 Å². The van der Waals surface area contributed by atoms with E-state index in [1.165, 1.54) is 18.3 Å². The van der Waals surface area contributed by atoms with Gasteiger partial charge in [-0.2, -0.15) is 0 Å². The number of nitrogens with zero attached hydrogens (tertiary/aromatic N) is 2. The van der Waals surface area contributed by atoms with Crippen LogP contribution in [0, 0.1) is 5.82 Å². The van der Waals surface area contributed by atoms with Crippen LogP contribution in [0.3, 0.4) is 0 Å². The minimum atomic E-state index is -0.309.